The Bertz CT molecular complexity index is 420. The van der Waals surface area contributed by atoms with E-state index < -0.39 is 0 Å². The summed E-state index contributed by atoms with van der Waals surface area (Å²) in [5.41, 5.74) is 2.04. The average molecular weight is 248 g/mol. The Morgan fingerprint density at radius 1 is 1.17 bits per heavy atom. The van der Waals surface area contributed by atoms with E-state index in [-0.39, 0.29) is 23.6 Å². The minimum Gasteiger partial charge on any atom is -0.469 e. The maximum Gasteiger partial charge on any atom is 0.312 e. The molecule has 0 aliphatic rings. The van der Waals surface area contributed by atoms with Crippen LogP contribution in [0.3, 0.4) is 0 Å². The zero-order valence-electron chi connectivity index (χ0n) is 11.4. The van der Waals surface area contributed by atoms with Crippen LogP contribution in [0, 0.1) is 5.92 Å². The molecule has 0 aliphatic carbocycles. The first-order valence-corrected chi connectivity index (χ1v) is 6.12. The van der Waals surface area contributed by atoms with Crippen molar-refractivity contribution < 1.29 is 14.3 Å². The van der Waals surface area contributed by atoms with E-state index >= 15 is 0 Å². The van der Waals surface area contributed by atoms with Crippen molar-refractivity contribution in [2.24, 2.45) is 5.92 Å². The van der Waals surface area contributed by atoms with Crippen LogP contribution in [0.5, 0.6) is 0 Å². The summed E-state index contributed by atoms with van der Waals surface area (Å²) in [6.07, 6.45) is 0.738. The quantitative estimate of drug-likeness (QED) is 0.752. The maximum atomic E-state index is 11.4. The van der Waals surface area contributed by atoms with Crippen molar-refractivity contribution in [3.8, 4) is 0 Å². The molecule has 0 aromatic heterocycles. The van der Waals surface area contributed by atoms with Crippen LogP contribution in [0.15, 0.2) is 24.3 Å². The molecule has 0 N–H and O–H groups in total. The van der Waals surface area contributed by atoms with Gasteiger partial charge in [0.05, 0.1) is 13.0 Å². The largest absolute Gasteiger partial charge is 0.469 e. The number of esters is 1. The maximum absolute atomic E-state index is 11.4. The molecule has 2 atom stereocenters. The normalized spacial score (nSPS) is 13.8. The SMILES string of the molecule is COC(=O)C(C)c1ccc(CC(C)C(C)=O)cc1. The van der Waals surface area contributed by atoms with Gasteiger partial charge < -0.3 is 4.74 Å². The van der Waals surface area contributed by atoms with Gasteiger partial charge in [0.1, 0.15) is 5.78 Å². The fourth-order valence-corrected chi connectivity index (χ4v) is 1.75. The van der Waals surface area contributed by atoms with Gasteiger partial charge >= 0.3 is 5.97 Å². The summed E-state index contributed by atoms with van der Waals surface area (Å²) in [6.45, 7) is 5.35. The highest BCUT2D eigenvalue weighted by molar-refractivity contribution is 5.78. The highest BCUT2D eigenvalue weighted by atomic mass is 16.5. The average Bonchev–Trinajstić information content (AvgIpc) is 2.37. The molecule has 2 unspecified atom stereocenters. The van der Waals surface area contributed by atoms with Crippen LogP contribution >= 0.6 is 0 Å². The first-order chi connectivity index (χ1) is 8.45. The smallest absolute Gasteiger partial charge is 0.312 e. The number of benzene rings is 1. The summed E-state index contributed by atoms with van der Waals surface area (Å²) in [5.74, 6) is -0.259. The van der Waals surface area contributed by atoms with Crippen LogP contribution in [0.2, 0.25) is 0 Å². The number of ketones is 1. The summed E-state index contributed by atoms with van der Waals surface area (Å²) >= 11 is 0. The predicted molar refractivity (Wildman–Crippen MR) is 70.4 cm³/mol. The predicted octanol–water partition coefficient (Wildman–Crippen LogP) is 2.73. The van der Waals surface area contributed by atoms with Gasteiger partial charge in [-0.1, -0.05) is 31.2 Å². The molecule has 0 saturated carbocycles. The molecule has 18 heavy (non-hydrogen) atoms. The molecule has 0 bridgehead atoms. The van der Waals surface area contributed by atoms with Gasteiger partial charge in [0.25, 0.3) is 0 Å². The van der Waals surface area contributed by atoms with Gasteiger partial charge in [-0.15, -0.1) is 0 Å². The van der Waals surface area contributed by atoms with E-state index in [1.165, 1.54) is 7.11 Å². The summed E-state index contributed by atoms with van der Waals surface area (Å²) in [5, 5.41) is 0. The Morgan fingerprint density at radius 3 is 2.17 bits per heavy atom. The van der Waals surface area contributed by atoms with E-state index in [0.29, 0.717) is 0 Å². The Kier molecular flexibility index (Phi) is 5.08. The molecule has 0 saturated heterocycles. The minimum atomic E-state index is -0.255. The van der Waals surface area contributed by atoms with Crippen molar-refractivity contribution >= 4 is 11.8 Å². The Balaban J connectivity index is 2.74. The number of hydrogen-bond donors (Lipinski definition) is 0. The van der Waals surface area contributed by atoms with Crippen LogP contribution in [0.25, 0.3) is 0 Å². The second-order valence-corrected chi connectivity index (χ2v) is 4.70. The van der Waals surface area contributed by atoms with E-state index in [1.54, 1.807) is 6.92 Å². The zero-order chi connectivity index (χ0) is 13.7. The molecule has 0 heterocycles. The van der Waals surface area contributed by atoms with Crippen molar-refractivity contribution in [2.75, 3.05) is 7.11 Å². The van der Waals surface area contributed by atoms with Crippen LogP contribution in [0.4, 0.5) is 0 Å². The fraction of sp³-hybridized carbons (Fsp3) is 0.467. The fourth-order valence-electron chi connectivity index (χ4n) is 1.75. The molecule has 98 valence electrons. The first kappa shape index (κ1) is 14.4. The van der Waals surface area contributed by atoms with Crippen molar-refractivity contribution in [1.82, 2.24) is 0 Å². The second-order valence-electron chi connectivity index (χ2n) is 4.70. The third kappa shape index (κ3) is 3.69. The molecule has 3 heteroatoms. The van der Waals surface area contributed by atoms with Crippen LogP contribution in [-0.2, 0) is 20.7 Å². The number of Topliss-reactive ketones (excluding diaryl/α,β-unsaturated/α-hetero) is 1. The monoisotopic (exact) mass is 248 g/mol. The summed E-state index contributed by atoms with van der Waals surface area (Å²) < 4.78 is 4.71. The van der Waals surface area contributed by atoms with Crippen molar-refractivity contribution in [3.63, 3.8) is 0 Å². The van der Waals surface area contributed by atoms with Gasteiger partial charge in [0, 0.05) is 5.92 Å². The number of carbonyl (C=O) groups is 2. The molecule has 0 aliphatic heterocycles. The highest BCUT2D eigenvalue weighted by Crippen LogP contribution is 2.18. The molecule has 3 nitrogen and oxygen atoms in total. The van der Waals surface area contributed by atoms with Gasteiger partial charge in [-0.3, -0.25) is 9.59 Å². The third-order valence-electron chi connectivity index (χ3n) is 3.27. The topological polar surface area (TPSA) is 43.4 Å². The molecular weight excluding hydrogens is 228 g/mol. The van der Waals surface area contributed by atoms with E-state index in [1.807, 2.05) is 38.1 Å². The highest BCUT2D eigenvalue weighted by Gasteiger charge is 2.15. The van der Waals surface area contributed by atoms with E-state index in [0.717, 1.165) is 17.5 Å². The van der Waals surface area contributed by atoms with Gasteiger partial charge in [-0.25, -0.2) is 0 Å². The summed E-state index contributed by atoms with van der Waals surface area (Å²) in [4.78, 5) is 22.6. The molecule has 0 radical (unpaired) electrons. The Labute approximate surface area is 108 Å². The number of hydrogen-bond acceptors (Lipinski definition) is 3. The molecule has 1 aromatic carbocycles. The molecule has 0 fully saturated rings. The lowest BCUT2D eigenvalue weighted by molar-refractivity contribution is -0.142. The lowest BCUT2D eigenvalue weighted by atomic mass is 9.95. The summed E-state index contributed by atoms with van der Waals surface area (Å²) in [6, 6.07) is 7.77. The van der Waals surface area contributed by atoms with Crippen LogP contribution < -0.4 is 0 Å². The third-order valence-corrected chi connectivity index (χ3v) is 3.27. The van der Waals surface area contributed by atoms with Crippen LogP contribution in [0.1, 0.15) is 37.8 Å². The van der Waals surface area contributed by atoms with Gasteiger partial charge in [-0.2, -0.15) is 0 Å². The van der Waals surface area contributed by atoms with Gasteiger partial charge in [0.2, 0.25) is 0 Å². The van der Waals surface area contributed by atoms with Gasteiger partial charge in [-0.05, 0) is 31.4 Å². The van der Waals surface area contributed by atoms with Crippen molar-refractivity contribution in [3.05, 3.63) is 35.4 Å². The van der Waals surface area contributed by atoms with Crippen LogP contribution in [-0.4, -0.2) is 18.9 Å². The zero-order valence-corrected chi connectivity index (χ0v) is 11.4. The Morgan fingerprint density at radius 2 is 1.72 bits per heavy atom. The standard InChI is InChI=1S/C15H20O3/c1-10(12(3)16)9-13-5-7-14(8-6-13)11(2)15(17)18-4/h5-8,10-11H,9H2,1-4H3. The van der Waals surface area contributed by atoms with Crippen molar-refractivity contribution in [2.45, 2.75) is 33.1 Å². The number of methoxy groups -OCH3 is 1. The van der Waals surface area contributed by atoms with E-state index in [4.69, 9.17) is 4.74 Å². The molecule has 1 rings (SSSR count). The first-order valence-electron chi connectivity index (χ1n) is 6.12. The Hall–Kier alpha value is -1.64. The number of ether oxygens (including phenoxy) is 1. The van der Waals surface area contributed by atoms with E-state index in [9.17, 15) is 9.59 Å². The molecule has 0 amide bonds. The molecule has 1 aromatic rings. The van der Waals surface area contributed by atoms with E-state index in [2.05, 4.69) is 0 Å². The lowest BCUT2D eigenvalue weighted by Gasteiger charge is -2.11. The van der Waals surface area contributed by atoms with Gasteiger partial charge in [0.15, 0.2) is 0 Å². The molecular formula is C15H20O3. The second kappa shape index (κ2) is 6.34. The number of rotatable bonds is 5. The summed E-state index contributed by atoms with van der Waals surface area (Å²) in [7, 11) is 1.39. The lowest BCUT2D eigenvalue weighted by Crippen LogP contribution is -2.11. The minimum absolute atomic E-state index is 0.0360. The van der Waals surface area contributed by atoms with Crippen molar-refractivity contribution in [1.29, 1.82) is 0 Å². The molecule has 0 spiro atoms. The number of carbonyl (C=O) groups excluding carboxylic acids is 2.